The molecule has 3 aromatic rings. The SMILES string of the molecule is CCOC(=O)C1=C(C2CCN(c3nc(C)c(C(=O)O)s3)CC2)NC(c2nccs2)=NC1c1ccc(F)c(F)c1Cl. The van der Waals surface area contributed by atoms with Crippen molar-refractivity contribution < 1.29 is 28.2 Å². The summed E-state index contributed by atoms with van der Waals surface area (Å²) < 4.78 is 33.9. The van der Waals surface area contributed by atoms with Crippen LogP contribution in [0.4, 0.5) is 13.9 Å². The molecule has 0 saturated carbocycles. The van der Waals surface area contributed by atoms with Gasteiger partial charge in [-0.1, -0.05) is 29.0 Å². The van der Waals surface area contributed by atoms with E-state index in [-0.39, 0.29) is 28.5 Å². The number of aromatic carboxylic acids is 1. The molecule has 0 spiro atoms. The predicted molar refractivity (Wildman–Crippen MR) is 148 cm³/mol. The van der Waals surface area contributed by atoms with E-state index >= 15 is 0 Å². The summed E-state index contributed by atoms with van der Waals surface area (Å²) in [6.45, 7) is 4.56. The Hall–Kier alpha value is -3.42. The highest BCUT2D eigenvalue weighted by atomic mass is 35.5. The summed E-state index contributed by atoms with van der Waals surface area (Å²) in [7, 11) is 0. The summed E-state index contributed by atoms with van der Waals surface area (Å²) in [4.78, 5) is 40.6. The lowest BCUT2D eigenvalue weighted by atomic mass is 9.85. The quantitative estimate of drug-likeness (QED) is 0.272. The van der Waals surface area contributed by atoms with E-state index in [4.69, 9.17) is 21.3 Å². The van der Waals surface area contributed by atoms with E-state index in [0.29, 0.717) is 53.3 Å². The first kappa shape index (κ1) is 28.1. The highest BCUT2D eigenvalue weighted by Gasteiger charge is 2.38. The van der Waals surface area contributed by atoms with E-state index in [2.05, 4.69) is 15.3 Å². The number of benzene rings is 1. The van der Waals surface area contributed by atoms with Gasteiger partial charge in [0, 0.05) is 41.8 Å². The Kier molecular flexibility index (Phi) is 8.15. The molecule has 2 aliphatic rings. The van der Waals surface area contributed by atoms with E-state index in [9.17, 15) is 23.5 Å². The van der Waals surface area contributed by atoms with E-state index in [1.807, 2.05) is 4.90 Å². The number of rotatable bonds is 7. The summed E-state index contributed by atoms with van der Waals surface area (Å²) in [5.74, 6) is -3.75. The van der Waals surface area contributed by atoms with Crippen LogP contribution in [0.2, 0.25) is 5.02 Å². The van der Waals surface area contributed by atoms with Crippen LogP contribution in [0.25, 0.3) is 0 Å². The molecule has 1 saturated heterocycles. The van der Waals surface area contributed by atoms with Gasteiger partial charge in [-0.15, -0.1) is 11.3 Å². The van der Waals surface area contributed by atoms with Crippen molar-refractivity contribution in [1.29, 1.82) is 0 Å². The van der Waals surface area contributed by atoms with Crippen LogP contribution < -0.4 is 10.2 Å². The standard InChI is InChI=1S/C26H24ClF2N5O4S2/c1-3-38-25(37)16-19(13-6-9-34(10-7-13)26-31-12(2)21(40-26)24(35)36)32-22(23-30-8-11-39-23)33-20(16)14-4-5-15(28)18(29)17(14)27/h4-5,8,11,13,20H,3,6-7,9-10H2,1-2H3,(H,32,33)(H,35,36). The Labute approximate surface area is 241 Å². The fourth-order valence-electron chi connectivity index (χ4n) is 4.82. The van der Waals surface area contributed by atoms with Crippen molar-refractivity contribution in [2.45, 2.75) is 32.7 Å². The molecule has 2 N–H and O–H groups in total. The minimum atomic E-state index is -1.22. The topological polar surface area (TPSA) is 117 Å². The summed E-state index contributed by atoms with van der Waals surface area (Å²) in [6, 6.07) is 1.22. The first-order chi connectivity index (χ1) is 19.2. The number of carbonyl (C=O) groups is 2. The van der Waals surface area contributed by atoms with Crippen molar-refractivity contribution in [3.8, 4) is 0 Å². The zero-order valence-electron chi connectivity index (χ0n) is 21.4. The molecule has 9 nitrogen and oxygen atoms in total. The molecule has 5 rings (SSSR count). The van der Waals surface area contributed by atoms with Crippen molar-refractivity contribution >= 4 is 57.2 Å². The van der Waals surface area contributed by atoms with Gasteiger partial charge < -0.3 is 20.1 Å². The van der Waals surface area contributed by atoms with E-state index in [1.54, 1.807) is 25.4 Å². The number of ether oxygens (including phenoxy) is 1. The Morgan fingerprint density at radius 2 is 2.02 bits per heavy atom. The second-order valence-corrected chi connectivity index (χ2v) is 11.4. The van der Waals surface area contributed by atoms with Gasteiger partial charge in [-0.05, 0) is 32.8 Å². The number of carboxylic acids is 1. The molecule has 210 valence electrons. The smallest absolute Gasteiger partial charge is 0.347 e. The second-order valence-electron chi connectivity index (χ2n) is 9.13. The number of halogens is 3. The van der Waals surface area contributed by atoms with Crippen molar-refractivity contribution in [3.63, 3.8) is 0 Å². The molecule has 0 bridgehead atoms. The molecule has 0 radical (unpaired) electrons. The molecule has 4 heterocycles. The Morgan fingerprint density at radius 1 is 1.27 bits per heavy atom. The molecule has 2 aromatic heterocycles. The number of hydrogen-bond acceptors (Lipinski definition) is 10. The largest absolute Gasteiger partial charge is 0.477 e. The summed E-state index contributed by atoms with van der Waals surface area (Å²) in [6.07, 6.45) is 2.80. The zero-order chi connectivity index (χ0) is 28.6. The van der Waals surface area contributed by atoms with Gasteiger partial charge in [-0.3, -0.25) is 4.99 Å². The first-order valence-electron chi connectivity index (χ1n) is 12.4. The van der Waals surface area contributed by atoms with E-state index in [1.165, 1.54) is 17.4 Å². The summed E-state index contributed by atoms with van der Waals surface area (Å²) >= 11 is 8.73. The third kappa shape index (κ3) is 5.32. The number of amidine groups is 1. The lowest BCUT2D eigenvalue weighted by Gasteiger charge is -2.36. The Morgan fingerprint density at radius 3 is 2.65 bits per heavy atom. The molecular formula is C26H24ClF2N5O4S2. The van der Waals surface area contributed by atoms with Crippen LogP contribution in [0, 0.1) is 24.5 Å². The van der Waals surface area contributed by atoms with E-state index in [0.717, 1.165) is 17.4 Å². The van der Waals surface area contributed by atoms with Gasteiger partial charge in [0.2, 0.25) is 0 Å². The van der Waals surface area contributed by atoms with Crippen LogP contribution in [0.15, 0.2) is 40.0 Å². The highest BCUT2D eigenvalue weighted by Crippen LogP contribution is 2.41. The fraction of sp³-hybridized carbons (Fsp3) is 0.346. The highest BCUT2D eigenvalue weighted by molar-refractivity contribution is 7.17. The molecule has 14 heteroatoms. The maximum atomic E-state index is 14.6. The van der Waals surface area contributed by atoms with E-state index < -0.39 is 34.6 Å². The van der Waals surface area contributed by atoms with Crippen molar-refractivity contribution in [2.24, 2.45) is 10.9 Å². The zero-order valence-corrected chi connectivity index (χ0v) is 23.8. The lowest BCUT2D eigenvalue weighted by Crippen LogP contribution is -2.41. The molecule has 0 amide bonds. The minimum Gasteiger partial charge on any atom is -0.477 e. The number of aryl methyl sites for hydroxylation is 1. The first-order valence-corrected chi connectivity index (χ1v) is 14.5. The van der Waals surface area contributed by atoms with Crippen LogP contribution in [-0.4, -0.2) is 52.5 Å². The van der Waals surface area contributed by atoms with Gasteiger partial charge in [0.25, 0.3) is 0 Å². The number of aliphatic imine (C=N–C) groups is 1. The maximum Gasteiger partial charge on any atom is 0.347 e. The number of thiazole rings is 2. The van der Waals surface area contributed by atoms with Gasteiger partial charge in [0.05, 0.1) is 22.9 Å². The number of nitrogens with zero attached hydrogens (tertiary/aromatic N) is 4. The molecule has 40 heavy (non-hydrogen) atoms. The minimum absolute atomic E-state index is 0.102. The van der Waals surface area contributed by atoms with Crippen LogP contribution in [0.5, 0.6) is 0 Å². The number of nitrogens with one attached hydrogen (secondary N) is 1. The third-order valence-corrected chi connectivity index (χ3v) is 9.09. The number of carboxylic acid groups (broad SMARTS) is 1. The maximum absolute atomic E-state index is 14.6. The molecular weight excluding hydrogens is 584 g/mol. The molecule has 2 aliphatic heterocycles. The van der Waals surface area contributed by atoms with Crippen molar-refractivity contribution in [2.75, 3.05) is 24.6 Å². The number of anilines is 1. The number of hydrogen-bond donors (Lipinski definition) is 2. The fourth-order valence-corrected chi connectivity index (χ4v) is 6.62. The van der Waals surface area contributed by atoms with Gasteiger partial charge in [0.1, 0.15) is 10.9 Å². The lowest BCUT2D eigenvalue weighted by molar-refractivity contribution is -0.139. The Bertz CT molecular complexity index is 1520. The monoisotopic (exact) mass is 607 g/mol. The number of carbonyl (C=O) groups excluding carboxylic acids is 1. The van der Waals surface area contributed by atoms with Crippen molar-refractivity contribution in [1.82, 2.24) is 15.3 Å². The summed E-state index contributed by atoms with van der Waals surface area (Å²) in [5, 5.41) is 15.2. The normalized spacial score (nSPS) is 18.0. The average molecular weight is 608 g/mol. The van der Waals surface area contributed by atoms with Crippen LogP contribution in [0.1, 0.15) is 51.7 Å². The molecule has 1 aromatic carbocycles. The molecule has 1 unspecified atom stereocenters. The number of aromatic nitrogens is 2. The molecule has 1 atom stereocenters. The van der Waals surface area contributed by atoms with Gasteiger partial charge in [0.15, 0.2) is 27.6 Å². The predicted octanol–water partition coefficient (Wildman–Crippen LogP) is 5.36. The Balaban J connectivity index is 1.54. The van der Waals surface area contributed by atoms with Gasteiger partial charge in [-0.2, -0.15) is 0 Å². The van der Waals surface area contributed by atoms with Gasteiger partial charge in [-0.25, -0.2) is 28.3 Å². The van der Waals surface area contributed by atoms with Crippen molar-refractivity contribution in [3.05, 3.63) is 72.8 Å². The van der Waals surface area contributed by atoms with Crippen LogP contribution in [-0.2, 0) is 9.53 Å². The van der Waals surface area contributed by atoms with Gasteiger partial charge >= 0.3 is 11.9 Å². The average Bonchev–Trinajstić information content (AvgIpc) is 3.62. The summed E-state index contributed by atoms with van der Waals surface area (Å²) in [5.41, 5.74) is 1.33. The second kappa shape index (κ2) is 11.6. The molecule has 0 aliphatic carbocycles. The number of allylic oxidation sites excluding steroid dienone is 1. The van der Waals surface area contributed by atoms with Crippen LogP contribution >= 0.6 is 34.3 Å². The number of esters is 1. The van der Waals surface area contributed by atoms with Crippen LogP contribution in [0.3, 0.4) is 0 Å². The third-order valence-electron chi connectivity index (χ3n) is 6.72. The molecule has 1 fully saturated rings. The number of piperidine rings is 1.